The Bertz CT molecular complexity index is 487. The van der Waals surface area contributed by atoms with Crippen molar-refractivity contribution >= 4 is 17.6 Å². The third-order valence-electron chi connectivity index (χ3n) is 2.01. The Morgan fingerprint density at radius 1 is 1.35 bits per heavy atom. The molecule has 7 heteroatoms. The molecule has 90 valence electrons. The topological polar surface area (TPSA) is 90.7 Å². The minimum atomic E-state index is 0.422. The first-order chi connectivity index (χ1) is 8.29. The molecule has 0 aromatic carbocycles. The third kappa shape index (κ3) is 3.16. The van der Waals surface area contributed by atoms with E-state index >= 15 is 0 Å². The summed E-state index contributed by atoms with van der Waals surface area (Å²) in [4.78, 5) is 12.3. The Morgan fingerprint density at radius 3 is 2.94 bits per heavy atom. The fourth-order valence-corrected chi connectivity index (χ4v) is 1.96. The van der Waals surface area contributed by atoms with Gasteiger partial charge in [-0.15, -0.1) is 0 Å². The summed E-state index contributed by atoms with van der Waals surface area (Å²) < 4.78 is 5.11. The van der Waals surface area contributed by atoms with E-state index in [0.717, 1.165) is 18.7 Å². The summed E-state index contributed by atoms with van der Waals surface area (Å²) in [6.45, 7) is 2.07. The van der Waals surface area contributed by atoms with Crippen LogP contribution in [0.2, 0.25) is 0 Å². The van der Waals surface area contributed by atoms with Crippen molar-refractivity contribution in [3.05, 3.63) is 24.1 Å². The second-order valence-electron chi connectivity index (χ2n) is 3.39. The fraction of sp³-hybridized carbons (Fsp3) is 0.400. The Labute approximate surface area is 103 Å². The van der Waals surface area contributed by atoms with Crippen LogP contribution < -0.4 is 5.73 Å². The maximum absolute atomic E-state index is 5.68. The molecule has 0 aliphatic heterocycles. The molecule has 0 spiro atoms. The summed E-state index contributed by atoms with van der Waals surface area (Å²) in [6, 6.07) is 0. The van der Waals surface area contributed by atoms with Crippen molar-refractivity contribution < 1.29 is 4.52 Å². The molecule has 0 radical (unpaired) electrons. The Balaban J connectivity index is 1.95. The van der Waals surface area contributed by atoms with Crippen LogP contribution in [0.3, 0.4) is 0 Å². The van der Waals surface area contributed by atoms with E-state index in [2.05, 4.69) is 27.0 Å². The van der Waals surface area contributed by atoms with E-state index in [-0.39, 0.29) is 0 Å². The molecule has 6 nitrogen and oxygen atoms in total. The molecule has 0 aliphatic carbocycles. The molecule has 2 heterocycles. The minimum absolute atomic E-state index is 0.422. The summed E-state index contributed by atoms with van der Waals surface area (Å²) in [5.74, 6) is 2.31. The third-order valence-corrected chi connectivity index (χ3v) is 2.99. The number of aromatic nitrogens is 4. The number of rotatable bonds is 5. The lowest BCUT2D eigenvalue weighted by Crippen LogP contribution is -1.95. The van der Waals surface area contributed by atoms with Crippen molar-refractivity contribution in [1.29, 1.82) is 0 Å². The number of nitrogens with zero attached hydrogens (tertiary/aromatic N) is 4. The van der Waals surface area contributed by atoms with Crippen molar-refractivity contribution in [1.82, 2.24) is 20.1 Å². The van der Waals surface area contributed by atoms with E-state index in [0.29, 0.717) is 22.5 Å². The highest BCUT2D eigenvalue weighted by Crippen LogP contribution is 2.23. The van der Waals surface area contributed by atoms with Gasteiger partial charge >= 0.3 is 0 Å². The highest BCUT2D eigenvalue weighted by Gasteiger charge is 2.08. The van der Waals surface area contributed by atoms with Gasteiger partial charge in [0.2, 0.25) is 5.89 Å². The number of nitrogens with two attached hydrogens (primary N) is 1. The average molecular weight is 251 g/mol. The van der Waals surface area contributed by atoms with Crippen LogP contribution in [0.15, 0.2) is 21.9 Å². The first kappa shape index (κ1) is 11.8. The Morgan fingerprint density at radius 2 is 2.18 bits per heavy atom. The highest BCUT2D eigenvalue weighted by molar-refractivity contribution is 7.98. The van der Waals surface area contributed by atoms with Crippen LogP contribution in [0.25, 0.3) is 0 Å². The number of thioether (sulfide) groups is 1. The molecule has 0 fully saturated rings. The smallest absolute Gasteiger partial charge is 0.237 e. The van der Waals surface area contributed by atoms with Gasteiger partial charge < -0.3 is 10.3 Å². The molecule has 0 saturated heterocycles. The molecule has 0 bridgehead atoms. The average Bonchev–Trinajstić information content (AvgIpc) is 2.76. The van der Waals surface area contributed by atoms with Crippen molar-refractivity contribution in [2.24, 2.45) is 0 Å². The van der Waals surface area contributed by atoms with Crippen LogP contribution >= 0.6 is 11.8 Å². The Hall–Kier alpha value is -1.63. The van der Waals surface area contributed by atoms with Crippen LogP contribution in [0.5, 0.6) is 0 Å². The number of hydrogen-bond acceptors (Lipinski definition) is 7. The van der Waals surface area contributed by atoms with Gasteiger partial charge in [0.25, 0.3) is 0 Å². The predicted molar refractivity (Wildman–Crippen MR) is 64.3 cm³/mol. The van der Waals surface area contributed by atoms with Crippen LogP contribution in [0, 0.1) is 0 Å². The van der Waals surface area contributed by atoms with Gasteiger partial charge in [-0.05, 0) is 6.42 Å². The molecule has 2 aromatic rings. The molecule has 0 saturated carbocycles. The maximum atomic E-state index is 5.68. The van der Waals surface area contributed by atoms with E-state index in [1.165, 1.54) is 11.8 Å². The van der Waals surface area contributed by atoms with E-state index < -0.39 is 0 Å². The van der Waals surface area contributed by atoms with Crippen LogP contribution in [-0.2, 0) is 12.2 Å². The summed E-state index contributed by atoms with van der Waals surface area (Å²) in [5.41, 5.74) is 5.68. The van der Waals surface area contributed by atoms with Crippen molar-refractivity contribution in [3.8, 4) is 0 Å². The zero-order chi connectivity index (χ0) is 12.1. The highest BCUT2D eigenvalue weighted by atomic mass is 32.2. The number of anilines is 1. The molecule has 0 atom stereocenters. The van der Waals surface area contributed by atoms with Crippen LogP contribution in [0.4, 0.5) is 5.82 Å². The largest absolute Gasteiger partial charge is 0.381 e. The number of nitrogen functional groups attached to an aromatic ring is 1. The molecule has 2 aromatic heterocycles. The molecule has 2 N–H and O–H groups in total. The van der Waals surface area contributed by atoms with Gasteiger partial charge in [-0.3, -0.25) is 0 Å². The molecular formula is C10H13N5OS. The van der Waals surface area contributed by atoms with E-state index in [1.54, 1.807) is 12.4 Å². The molecule has 0 amide bonds. The summed E-state index contributed by atoms with van der Waals surface area (Å²) in [6.07, 6.45) is 5.01. The van der Waals surface area contributed by atoms with Gasteiger partial charge in [0.15, 0.2) is 11.6 Å². The molecule has 2 rings (SSSR count). The molecular weight excluding hydrogens is 238 g/mol. The van der Waals surface area contributed by atoms with Crippen molar-refractivity contribution in [2.45, 2.75) is 30.5 Å². The van der Waals surface area contributed by atoms with Crippen molar-refractivity contribution in [2.75, 3.05) is 5.73 Å². The SMILES string of the molecule is CCCc1noc(CSc2nccnc2N)n1. The summed E-state index contributed by atoms with van der Waals surface area (Å²) >= 11 is 1.44. The zero-order valence-electron chi connectivity index (χ0n) is 9.46. The first-order valence-corrected chi connectivity index (χ1v) is 6.29. The lowest BCUT2D eigenvalue weighted by atomic mass is 10.3. The monoisotopic (exact) mass is 251 g/mol. The lowest BCUT2D eigenvalue weighted by Gasteiger charge is -1.99. The minimum Gasteiger partial charge on any atom is -0.381 e. The Kier molecular flexibility index (Phi) is 3.92. The summed E-state index contributed by atoms with van der Waals surface area (Å²) in [5, 5.41) is 4.56. The first-order valence-electron chi connectivity index (χ1n) is 5.30. The van der Waals surface area contributed by atoms with Gasteiger partial charge in [-0.25, -0.2) is 9.97 Å². The summed E-state index contributed by atoms with van der Waals surface area (Å²) in [7, 11) is 0. The van der Waals surface area contributed by atoms with Gasteiger partial charge in [0.1, 0.15) is 5.03 Å². The van der Waals surface area contributed by atoms with Crippen LogP contribution in [-0.4, -0.2) is 20.1 Å². The second-order valence-corrected chi connectivity index (χ2v) is 4.35. The van der Waals surface area contributed by atoms with E-state index in [1.807, 2.05) is 0 Å². The fourth-order valence-electron chi connectivity index (χ4n) is 1.25. The quantitative estimate of drug-likeness (QED) is 0.808. The predicted octanol–water partition coefficient (Wildman–Crippen LogP) is 1.69. The van der Waals surface area contributed by atoms with Crippen LogP contribution in [0.1, 0.15) is 25.1 Å². The van der Waals surface area contributed by atoms with Gasteiger partial charge in [0, 0.05) is 18.8 Å². The van der Waals surface area contributed by atoms with Gasteiger partial charge in [-0.2, -0.15) is 4.98 Å². The van der Waals surface area contributed by atoms with Gasteiger partial charge in [0.05, 0.1) is 5.75 Å². The van der Waals surface area contributed by atoms with E-state index in [9.17, 15) is 0 Å². The standard InChI is InChI=1S/C10H13N5OS/c1-2-3-7-14-8(16-15-7)6-17-10-9(11)12-4-5-13-10/h4-5H,2-3,6H2,1H3,(H2,11,12). The second kappa shape index (κ2) is 5.62. The molecule has 17 heavy (non-hydrogen) atoms. The zero-order valence-corrected chi connectivity index (χ0v) is 10.3. The van der Waals surface area contributed by atoms with Gasteiger partial charge in [-0.1, -0.05) is 23.8 Å². The number of hydrogen-bond donors (Lipinski definition) is 1. The maximum Gasteiger partial charge on any atom is 0.237 e. The molecule has 0 aliphatic rings. The molecule has 0 unspecified atom stereocenters. The van der Waals surface area contributed by atoms with E-state index in [4.69, 9.17) is 10.3 Å². The number of aryl methyl sites for hydroxylation is 1. The van der Waals surface area contributed by atoms with Crippen molar-refractivity contribution in [3.63, 3.8) is 0 Å². The lowest BCUT2D eigenvalue weighted by molar-refractivity contribution is 0.384. The normalized spacial score (nSPS) is 10.6.